The predicted octanol–water partition coefficient (Wildman–Crippen LogP) is 4.97. The molecule has 40 heavy (non-hydrogen) atoms. The lowest BCUT2D eigenvalue weighted by atomic mass is 10.0. The lowest BCUT2D eigenvalue weighted by molar-refractivity contribution is -0.169. The Balaban J connectivity index is 0.000000502. The van der Waals surface area contributed by atoms with Crippen molar-refractivity contribution in [2.75, 3.05) is 5.32 Å². The van der Waals surface area contributed by atoms with Crippen molar-refractivity contribution in [1.29, 1.82) is 5.41 Å². The van der Waals surface area contributed by atoms with Gasteiger partial charge in [0, 0.05) is 34.3 Å². The molecule has 0 saturated heterocycles. The highest BCUT2D eigenvalue weighted by Crippen LogP contribution is 2.23. The lowest BCUT2D eigenvalue weighted by Crippen LogP contribution is -2.30. The third kappa shape index (κ3) is 12.9. The number of rotatable bonds is 7. The summed E-state index contributed by atoms with van der Waals surface area (Å²) in [6.07, 6.45) is -0.453. The summed E-state index contributed by atoms with van der Waals surface area (Å²) in [5, 5.41) is 12.6. The van der Waals surface area contributed by atoms with Gasteiger partial charge in [-0.3, -0.25) is 24.2 Å². The monoisotopic (exact) mass is 621 g/mol. The summed E-state index contributed by atoms with van der Waals surface area (Å²) < 4.78 is 32.8. The van der Waals surface area contributed by atoms with Crippen molar-refractivity contribution in [3.63, 3.8) is 0 Å². The van der Waals surface area contributed by atoms with E-state index in [-0.39, 0.29) is 18.2 Å². The van der Waals surface area contributed by atoms with E-state index in [1.165, 1.54) is 13.1 Å². The van der Waals surface area contributed by atoms with Crippen LogP contribution in [0.15, 0.2) is 77.5 Å². The van der Waals surface area contributed by atoms with Gasteiger partial charge in [-0.25, -0.2) is 0 Å². The standard InChI is InChI=1S/C20H20BrN3O3.C5H5N.C2H2F3NO/c1-12(15-5-8-17(13(2)25)18(21)9-15)23-19(26)10-20(27)24-16-6-3-14(11-22)4-7-16;1-2-4-6-5-3-1;3-2(4,5)1(6)7/h3-9,11-12,22H,10H2,1-2H3,(H,23,26)(H,24,27);1-5H;(H2,6,7). The number of hydrogen-bond acceptors (Lipinski definition) is 6. The fourth-order valence-electron chi connectivity index (χ4n) is 2.79. The maximum Gasteiger partial charge on any atom is 0.470 e. The molecule has 13 heteroatoms. The second-order valence-electron chi connectivity index (χ2n) is 7.96. The molecular formula is C27H27BrF3N5O4. The highest BCUT2D eigenvalue weighted by atomic mass is 79.9. The third-order valence-electron chi connectivity index (χ3n) is 4.78. The number of pyridine rings is 1. The van der Waals surface area contributed by atoms with E-state index in [2.05, 4.69) is 37.3 Å². The molecule has 2 aromatic carbocycles. The molecule has 0 aliphatic heterocycles. The fraction of sp³-hybridized carbons (Fsp3) is 0.185. The summed E-state index contributed by atoms with van der Waals surface area (Å²) >= 11 is 3.36. The topological polar surface area (TPSA) is 155 Å². The Kier molecular flexibility index (Phi) is 13.9. The van der Waals surface area contributed by atoms with Crippen molar-refractivity contribution in [2.45, 2.75) is 32.5 Å². The third-order valence-corrected chi connectivity index (χ3v) is 5.43. The van der Waals surface area contributed by atoms with E-state index in [9.17, 15) is 27.6 Å². The minimum atomic E-state index is -4.86. The molecule has 1 unspecified atom stereocenters. The van der Waals surface area contributed by atoms with Crippen LogP contribution in [0.2, 0.25) is 0 Å². The second-order valence-corrected chi connectivity index (χ2v) is 8.82. The molecule has 1 aromatic heterocycles. The Hall–Kier alpha value is -4.39. The minimum Gasteiger partial charge on any atom is -0.362 e. The van der Waals surface area contributed by atoms with Gasteiger partial charge in [-0.1, -0.05) is 40.2 Å². The number of nitrogens with two attached hydrogens (primary N) is 1. The van der Waals surface area contributed by atoms with E-state index in [4.69, 9.17) is 10.2 Å². The van der Waals surface area contributed by atoms with Crippen molar-refractivity contribution in [2.24, 2.45) is 5.73 Å². The first-order valence-corrected chi connectivity index (χ1v) is 12.3. The molecule has 0 fully saturated rings. The maximum absolute atomic E-state index is 12.1. The molecule has 0 aliphatic rings. The van der Waals surface area contributed by atoms with Crippen molar-refractivity contribution in [3.05, 3.63) is 94.2 Å². The zero-order chi connectivity index (χ0) is 30.3. The smallest absolute Gasteiger partial charge is 0.362 e. The number of primary amides is 1. The Bertz CT molecular complexity index is 1280. The average Bonchev–Trinajstić information content (AvgIpc) is 2.89. The number of nitrogens with zero attached hydrogens (tertiary/aromatic N) is 1. The number of alkyl halides is 3. The van der Waals surface area contributed by atoms with Gasteiger partial charge in [0.25, 0.3) is 0 Å². The number of ketones is 1. The molecule has 0 spiro atoms. The Morgan fingerprint density at radius 3 is 2.00 bits per heavy atom. The van der Waals surface area contributed by atoms with E-state index in [0.717, 1.165) is 11.1 Å². The normalized spacial score (nSPS) is 10.8. The molecule has 0 radical (unpaired) electrons. The molecule has 5 N–H and O–H groups in total. The number of carbonyl (C=O) groups is 4. The number of hydrogen-bond donors (Lipinski definition) is 4. The van der Waals surface area contributed by atoms with Gasteiger partial charge in [-0.15, -0.1) is 0 Å². The molecule has 0 saturated carbocycles. The fourth-order valence-corrected chi connectivity index (χ4v) is 3.46. The van der Waals surface area contributed by atoms with Gasteiger partial charge in [0.1, 0.15) is 6.42 Å². The van der Waals surface area contributed by atoms with E-state index in [0.29, 0.717) is 15.7 Å². The Labute approximate surface area is 237 Å². The molecule has 3 aromatic rings. The van der Waals surface area contributed by atoms with Crippen LogP contribution >= 0.6 is 15.9 Å². The molecular weight excluding hydrogens is 595 g/mol. The molecule has 0 aliphatic carbocycles. The highest BCUT2D eigenvalue weighted by Gasteiger charge is 2.35. The van der Waals surface area contributed by atoms with Gasteiger partial charge in [0.2, 0.25) is 11.8 Å². The van der Waals surface area contributed by atoms with Crippen LogP contribution in [0.25, 0.3) is 0 Å². The number of nitrogens with one attached hydrogen (secondary N) is 3. The van der Waals surface area contributed by atoms with E-state index in [1.54, 1.807) is 61.8 Å². The summed E-state index contributed by atoms with van der Waals surface area (Å²) in [4.78, 5) is 48.5. The summed E-state index contributed by atoms with van der Waals surface area (Å²) in [6.45, 7) is 3.30. The number of benzene rings is 2. The van der Waals surface area contributed by atoms with Crippen LogP contribution < -0.4 is 16.4 Å². The van der Waals surface area contributed by atoms with Crippen molar-refractivity contribution >= 4 is 51.3 Å². The highest BCUT2D eigenvalue weighted by molar-refractivity contribution is 9.10. The summed E-state index contributed by atoms with van der Waals surface area (Å²) in [5.74, 6) is -3.12. The summed E-state index contributed by atoms with van der Waals surface area (Å²) in [6, 6.07) is 17.4. The Morgan fingerprint density at radius 2 is 1.60 bits per heavy atom. The van der Waals surface area contributed by atoms with Gasteiger partial charge in [-0.2, -0.15) is 13.2 Å². The molecule has 0 bridgehead atoms. The van der Waals surface area contributed by atoms with Crippen LogP contribution in [0.3, 0.4) is 0 Å². The molecule has 1 atom stereocenters. The predicted molar refractivity (Wildman–Crippen MR) is 148 cm³/mol. The number of carbonyl (C=O) groups excluding carboxylic acids is 4. The van der Waals surface area contributed by atoms with Crippen LogP contribution in [-0.4, -0.2) is 40.9 Å². The van der Waals surface area contributed by atoms with Crippen molar-refractivity contribution < 1.29 is 32.3 Å². The van der Waals surface area contributed by atoms with Crippen LogP contribution in [0.4, 0.5) is 18.9 Å². The van der Waals surface area contributed by atoms with E-state index < -0.39 is 23.9 Å². The molecule has 1 heterocycles. The zero-order valence-electron chi connectivity index (χ0n) is 21.5. The van der Waals surface area contributed by atoms with E-state index >= 15 is 0 Å². The zero-order valence-corrected chi connectivity index (χ0v) is 23.0. The van der Waals surface area contributed by atoms with Gasteiger partial charge < -0.3 is 21.8 Å². The molecule has 9 nitrogen and oxygen atoms in total. The van der Waals surface area contributed by atoms with E-state index in [1.807, 2.05) is 18.2 Å². The van der Waals surface area contributed by atoms with Gasteiger partial charge in [-0.05, 0) is 61.4 Å². The van der Waals surface area contributed by atoms with Crippen LogP contribution in [0.1, 0.15) is 47.8 Å². The van der Waals surface area contributed by atoms with Crippen molar-refractivity contribution in [3.8, 4) is 0 Å². The summed E-state index contributed by atoms with van der Waals surface area (Å²) in [7, 11) is 0. The van der Waals surface area contributed by atoms with Crippen LogP contribution in [0.5, 0.6) is 0 Å². The number of anilines is 1. The largest absolute Gasteiger partial charge is 0.470 e. The number of aromatic nitrogens is 1. The van der Waals surface area contributed by atoms with Crippen molar-refractivity contribution in [1.82, 2.24) is 10.3 Å². The van der Waals surface area contributed by atoms with Gasteiger partial charge in [0.15, 0.2) is 5.78 Å². The van der Waals surface area contributed by atoms with Gasteiger partial charge >= 0.3 is 12.1 Å². The molecule has 212 valence electrons. The lowest BCUT2D eigenvalue weighted by Gasteiger charge is -2.15. The summed E-state index contributed by atoms with van der Waals surface area (Å²) in [5.41, 5.74) is 6.49. The number of halogens is 4. The minimum absolute atomic E-state index is 0.0459. The first-order chi connectivity index (χ1) is 18.7. The quantitative estimate of drug-likeness (QED) is 0.166. The number of amides is 3. The number of Topliss-reactive ketones (excluding diaryl/α,β-unsaturated/α-hetero) is 1. The maximum atomic E-state index is 12.1. The SMILES string of the molecule is CC(=O)c1ccc(C(C)NC(=O)CC(=O)Nc2ccc(C=N)cc2)cc1Br.NC(=O)C(F)(F)F.c1ccncc1. The van der Waals surface area contributed by atoms with Crippen LogP contribution in [-0.2, 0) is 14.4 Å². The van der Waals surface area contributed by atoms with Gasteiger partial charge in [0.05, 0.1) is 6.04 Å². The molecule has 3 amide bonds. The molecule has 3 rings (SSSR count). The first-order valence-electron chi connectivity index (χ1n) is 11.5. The average molecular weight is 622 g/mol. The second kappa shape index (κ2) is 16.5. The first kappa shape index (κ1) is 33.6. The Morgan fingerprint density at radius 1 is 1.02 bits per heavy atom. The van der Waals surface area contributed by atoms with Crippen LogP contribution in [0, 0.1) is 5.41 Å².